The molecule has 10 heteroatoms. The Kier molecular flexibility index (Phi) is 5.74. The number of carbonyl (C=O) groups excluding carboxylic acids is 1. The first kappa shape index (κ1) is 18.5. The number of carbonyl (C=O) groups is 1. The molecular formula is C17H22N8O2. The predicted octanol–water partition coefficient (Wildman–Crippen LogP) is 1.61. The van der Waals surface area contributed by atoms with Crippen molar-refractivity contribution in [3.8, 4) is 0 Å². The summed E-state index contributed by atoms with van der Waals surface area (Å²) in [5.41, 5.74) is 0.456. The summed E-state index contributed by atoms with van der Waals surface area (Å²) in [5, 5.41) is 13.9. The van der Waals surface area contributed by atoms with Crippen LogP contribution in [0.3, 0.4) is 0 Å². The number of aromatic nitrogens is 6. The number of anilines is 1. The average molecular weight is 370 g/mol. The minimum atomic E-state index is -0.249. The Morgan fingerprint density at radius 3 is 2.78 bits per heavy atom. The van der Waals surface area contributed by atoms with Gasteiger partial charge in [-0.25, -0.2) is 9.97 Å². The molecule has 3 heterocycles. The van der Waals surface area contributed by atoms with Crippen LogP contribution in [0.15, 0.2) is 35.5 Å². The van der Waals surface area contributed by atoms with Gasteiger partial charge in [0.15, 0.2) is 5.82 Å². The standard InChI is InChI=1S/C17H22N8O2/c1-11(2)17-23-15(24-27-17)7-20-16(26)13-4-5-14(19-6-13)22-12(3)8-25-10-18-9-21-25/h4-6,9-12H,7-8H2,1-3H3,(H,19,22)(H,20,26)/t12-/m0/s1. The summed E-state index contributed by atoms with van der Waals surface area (Å²) in [6, 6.07) is 3.58. The fraction of sp³-hybridized carbons (Fsp3) is 0.412. The molecule has 2 N–H and O–H groups in total. The van der Waals surface area contributed by atoms with Gasteiger partial charge in [0.2, 0.25) is 5.89 Å². The van der Waals surface area contributed by atoms with E-state index in [9.17, 15) is 4.79 Å². The molecule has 0 aliphatic rings. The molecule has 0 saturated heterocycles. The highest BCUT2D eigenvalue weighted by Gasteiger charge is 2.12. The van der Waals surface area contributed by atoms with Crippen LogP contribution in [0.4, 0.5) is 5.82 Å². The second-order valence-corrected chi connectivity index (χ2v) is 6.48. The number of nitrogens with zero attached hydrogens (tertiary/aromatic N) is 6. The van der Waals surface area contributed by atoms with Crippen LogP contribution in [0.1, 0.15) is 48.8 Å². The van der Waals surface area contributed by atoms with Crippen LogP contribution in [0.5, 0.6) is 0 Å². The molecule has 0 bridgehead atoms. The highest BCUT2D eigenvalue weighted by Crippen LogP contribution is 2.11. The van der Waals surface area contributed by atoms with E-state index in [2.05, 4.69) is 35.8 Å². The van der Waals surface area contributed by atoms with Gasteiger partial charge in [0.1, 0.15) is 18.5 Å². The summed E-state index contributed by atoms with van der Waals surface area (Å²) in [5.74, 6) is 1.58. The maximum Gasteiger partial charge on any atom is 0.253 e. The van der Waals surface area contributed by atoms with Crippen LogP contribution in [0.2, 0.25) is 0 Å². The lowest BCUT2D eigenvalue weighted by Crippen LogP contribution is -2.24. The molecule has 27 heavy (non-hydrogen) atoms. The zero-order chi connectivity index (χ0) is 19.2. The van der Waals surface area contributed by atoms with Crippen molar-refractivity contribution in [3.05, 3.63) is 48.3 Å². The van der Waals surface area contributed by atoms with E-state index < -0.39 is 0 Å². The smallest absolute Gasteiger partial charge is 0.253 e. The van der Waals surface area contributed by atoms with E-state index >= 15 is 0 Å². The first-order valence-corrected chi connectivity index (χ1v) is 8.67. The Bertz CT molecular complexity index is 857. The minimum Gasteiger partial charge on any atom is -0.366 e. The quantitative estimate of drug-likeness (QED) is 0.613. The lowest BCUT2D eigenvalue weighted by molar-refractivity contribution is 0.0949. The molecule has 3 rings (SSSR count). The third-order valence-electron chi connectivity index (χ3n) is 3.73. The van der Waals surface area contributed by atoms with E-state index in [1.54, 1.807) is 23.1 Å². The van der Waals surface area contributed by atoms with Crippen LogP contribution < -0.4 is 10.6 Å². The van der Waals surface area contributed by atoms with Gasteiger partial charge in [-0.2, -0.15) is 10.1 Å². The van der Waals surface area contributed by atoms with Gasteiger partial charge in [-0.1, -0.05) is 19.0 Å². The van der Waals surface area contributed by atoms with E-state index in [0.29, 0.717) is 29.6 Å². The van der Waals surface area contributed by atoms with Crippen molar-refractivity contribution in [3.63, 3.8) is 0 Å². The summed E-state index contributed by atoms with van der Waals surface area (Å²) >= 11 is 0. The summed E-state index contributed by atoms with van der Waals surface area (Å²) < 4.78 is 6.85. The van der Waals surface area contributed by atoms with Gasteiger partial charge in [-0.15, -0.1) is 0 Å². The van der Waals surface area contributed by atoms with Crippen molar-refractivity contribution in [2.45, 2.75) is 45.8 Å². The van der Waals surface area contributed by atoms with Crippen molar-refractivity contribution < 1.29 is 9.32 Å². The normalized spacial score (nSPS) is 12.1. The van der Waals surface area contributed by atoms with Crippen molar-refractivity contribution >= 4 is 11.7 Å². The first-order valence-electron chi connectivity index (χ1n) is 8.67. The molecule has 0 radical (unpaired) electrons. The van der Waals surface area contributed by atoms with Crippen molar-refractivity contribution in [1.29, 1.82) is 0 Å². The number of hydrogen-bond acceptors (Lipinski definition) is 8. The number of nitrogens with one attached hydrogen (secondary N) is 2. The number of pyridine rings is 1. The van der Waals surface area contributed by atoms with Crippen LogP contribution in [-0.4, -0.2) is 41.8 Å². The fourth-order valence-electron chi connectivity index (χ4n) is 2.35. The van der Waals surface area contributed by atoms with E-state index in [0.717, 1.165) is 0 Å². The fourth-order valence-corrected chi connectivity index (χ4v) is 2.35. The van der Waals surface area contributed by atoms with Crippen LogP contribution in [0.25, 0.3) is 0 Å². The van der Waals surface area contributed by atoms with Gasteiger partial charge in [-0.05, 0) is 19.1 Å². The summed E-state index contributed by atoms with van der Waals surface area (Å²) in [6.07, 6.45) is 4.68. The molecule has 1 amide bonds. The molecule has 3 aromatic rings. The Balaban J connectivity index is 1.50. The van der Waals surface area contributed by atoms with Crippen molar-refractivity contribution in [2.75, 3.05) is 5.32 Å². The summed E-state index contributed by atoms with van der Waals surface area (Å²) in [6.45, 7) is 6.80. The highest BCUT2D eigenvalue weighted by molar-refractivity contribution is 5.93. The molecule has 10 nitrogen and oxygen atoms in total. The molecule has 0 aliphatic carbocycles. The largest absolute Gasteiger partial charge is 0.366 e. The Morgan fingerprint density at radius 1 is 1.30 bits per heavy atom. The lowest BCUT2D eigenvalue weighted by atomic mass is 10.2. The molecule has 0 fully saturated rings. The van der Waals surface area contributed by atoms with Gasteiger partial charge < -0.3 is 15.2 Å². The predicted molar refractivity (Wildman–Crippen MR) is 96.9 cm³/mol. The monoisotopic (exact) mass is 370 g/mol. The first-order chi connectivity index (χ1) is 13.0. The molecule has 0 aromatic carbocycles. The second kappa shape index (κ2) is 8.39. The Morgan fingerprint density at radius 2 is 2.15 bits per heavy atom. The summed E-state index contributed by atoms with van der Waals surface area (Å²) in [7, 11) is 0. The van der Waals surface area contributed by atoms with Crippen LogP contribution in [-0.2, 0) is 13.1 Å². The van der Waals surface area contributed by atoms with Gasteiger partial charge in [0.05, 0.1) is 18.7 Å². The van der Waals surface area contributed by atoms with Crippen LogP contribution >= 0.6 is 0 Å². The van der Waals surface area contributed by atoms with E-state index in [1.165, 1.54) is 12.5 Å². The van der Waals surface area contributed by atoms with Crippen LogP contribution in [0, 0.1) is 0 Å². The third kappa shape index (κ3) is 5.09. The van der Waals surface area contributed by atoms with Gasteiger partial charge in [0.25, 0.3) is 5.91 Å². The average Bonchev–Trinajstić information content (AvgIpc) is 3.32. The van der Waals surface area contributed by atoms with E-state index in [-0.39, 0.29) is 24.4 Å². The third-order valence-corrected chi connectivity index (χ3v) is 3.73. The Labute approximate surface area is 156 Å². The molecule has 3 aromatic heterocycles. The van der Waals surface area contributed by atoms with Gasteiger partial charge in [0, 0.05) is 18.2 Å². The zero-order valence-corrected chi connectivity index (χ0v) is 15.5. The van der Waals surface area contributed by atoms with E-state index in [1.807, 2.05) is 20.8 Å². The molecular weight excluding hydrogens is 348 g/mol. The molecule has 1 atom stereocenters. The SMILES string of the molecule is CC(C)c1nc(CNC(=O)c2ccc(N[C@@H](C)Cn3cncn3)nc2)no1. The minimum absolute atomic E-state index is 0.104. The molecule has 0 saturated carbocycles. The second-order valence-electron chi connectivity index (χ2n) is 6.48. The highest BCUT2D eigenvalue weighted by atomic mass is 16.5. The Hall–Kier alpha value is -3.30. The number of hydrogen-bond donors (Lipinski definition) is 2. The molecule has 142 valence electrons. The van der Waals surface area contributed by atoms with Gasteiger partial charge in [-0.3, -0.25) is 9.48 Å². The maximum absolute atomic E-state index is 12.2. The van der Waals surface area contributed by atoms with Gasteiger partial charge >= 0.3 is 0 Å². The number of rotatable bonds is 8. The van der Waals surface area contributed by atoms with Crippen molar-refractivity contribution in [1.82, 2.24) is 35.2 Å². The zero-order valence-electron chi connectivity index (χ0n) is 15.5. The van der Waals surface area contributed by atoms with Crippen molar-refractivity contribution in [2.24, 2.45) is 0 Å². The molecule has 0 aliphatic heterocycles. The molecule has 0 spiro atoms. The maximum atomic E-state index is 12.2. The lowest BCUT2D eigenvalue weighted by Gasteiger charge is -2.14. The van der Waals surface area contributed by atoms with E-state index in [4.69, 9.17) is 4.52 Å². The number of amides is 1. The summed E-state index contributed by atoms with van der Waals surface area (Å²) in [4.78, 5) is 24.6. The topological polar surface area (TPSA) is 124 Å². The molecule has 0 unspecified atom stereocenters.